The van der Waals surface area contributed by atoms with Crippen molar-refractivity contribution >= 4 is 15.5 Å². The van der Waals surface area contributed by atoms with Gasteiger partial charge >= 0.3 is 5.97 Å². The first-order valence-corrected chi connectivity index (χ1v) is 7.26. The molecule has 0 rings (SSSR count). The molecule has 0 spiro atoms. The number of hydrogen-bond acceptors (Lipinski definition) is 4. The Morgan fingerprint density at radius 2 is 2.27 bits per heavy atom. The van der Waals surface area contributed by atoms with E-state index >= 15 is 0 Å². The Hall–Kier alpha value is -0.653. The van der Waals surface area contributed by atoms with Crippen molar-refractivity contribution in [3.05, 3.63) is 12.7 Å². The highest BCUT2D eigenvalue weighted by molar-refractivity contribution is 6.35. The second kappa shape index (κ2) is 11.4. The van der Waals surface area contributed by atoms with Crippen LogP contribution < -0.4 is 0 Å². The molecule has 0 aliphatic carbocycles. The maximum atomic E-state index is 10.6. The SMILES string of the molecule is C=CC(=O)OCOCCC[SiH2]COCC. The molecule has 0 aliphatic heterocycles. The van der Waals surface area contributed by atoms with E-state index in [1.165, 1.54) is 6.04 Å². The molecule has 0 atom stereocenters. The number of hydrogen-bond donors (Lipinski definition) is 0. The van der Waals surface area contributed by atoms with Gasteiger partial charge in [-0.25, -0.2) is 4.79 Å². The molecule has 5 heteroatoms. The van der Waals surface area contributed by atoms with Crippen molar-refractivity contribution in [3.8, 4) is 0 Å². The van der Waals surface area contributed by atoms with Crippen LogP contribution in [0.1, 0.15) is 13.3 Å². The molecule has 0 bridgehead atoms. The van der Waals surface area contributed by atoms with Gasteiger partial charge in [0.1, 0.15) is 0 Å². The molecular formula is C10H20O4Si. The lowest BCUT2D eigenvalue weighted by Crippen LogP contribution is -2.08. The average molecular weight is 232 g/mol. The van der Waals surface area contributed by atoms with Crippen LogP contribution in [0.15, 0.2) is 12.7 Å². The quantitative estimate of drug-likeness (QED) is 0.182. The van der Waals surface area contributed by atoms with Gasteiger partial charge in [-0.2, -0.15) is 0 Å². The summed E-state index contributed by atoms with van der Waals surface area (Å²) in [5, 5.41) is 0. The zero-order valence-corrected chi connectivity index (χ0v) is 10.8. The average Bonchev–Trinajstić information content (AvgIpc) is 2.26. The summed E-state index contributed by atoms with van der Waals surface area (Å²) < 4.78 is 15.0. The van der Waals surface area contributed by atoms with Crippen molar-refractivity contribution in [2.24, 2.45) is 0 Å². The molecule has 0 N–H and O–H groups in total. The van der Waals surface area contributed by atoms with Gasteiger partial charge in [0.15, 0.2) is 6.79 Å². The van der Waals surface area contributed by atoms with Gasteiger partial charge in [0, 0.05) is 18.9 Å². The normalized spacial score (nSPS) is 10.7. The van der Waals surface area contributed by atoms with E-state index in [0.29, 0.717) is 6.61 Å². The minimum Gasteiger partial charge on any atom is -0.435 e. The summed E-state index contributed by atoms with van der Waals surface area (Å²) in [4.78, 5) is 10.6. The summed E-state index contributed by atoms with van der Waals surface area (Å²) in [6.07, 6.45) is 3.09. The molecular weight excluding hydrogens is 212 g/mol. The minimum absolute atomic E-state index is 0.0257. The molecule has 0 aromatic carbocycles. The van der Waals surface area contributed by atoms with Crippen molar-refractivity contribution in [3.63, 3.8) is 0 Å². The third-order valence-electron chi connectivity index (χ3n) is 1.73. The third kappa shape index (κ3) is 11.3. The largest absolute Gasteiger partial charge is 0.435 e. The fourth-order valence-electron chi connectivity index (χ4n) is 0.947. The van der Waals surface area contributed by atoms with Crippen LogP contribution in [0.25, 0.3) is 0 Å². The van der Waals surface area contributed by atoms with Crippen LogP contribution in [0.4, 0.5) is 0 Å². The molecule has 4 nitrogen and oxygen atoms in total. The van der Waals surface area contributed by atoms with Crippen molar-refractivity contribution in [1.29, 1.82) is 0 Å². The molecule has 0 saturated heterocycles. The second-order valence-electron chi connectivity index (χ2n) is 2.95. The summed E-state index contributed by atoms with van der Waals surface area (Å²) in [5.41, 5.74) is 0. The molecule has 0 aromatic heterocycles. The number of carbonyl (C=O) groups excluding carboxylic acids is 1. The van der Waals surface area contributed by atoms with Crippen LogP contribution in [-0.4, -0.2) is 41.7 Å². The summed E-state index contributed by atoms with van der Waals surface area (Å²) in [7, 11) is -0.0801. The van der Waals surface area contributed by atoms with Crippen molar-refractivity contribution < 1.29 is 19.0 Å². The summed E-state index contributed by atoms with van der Waals surface area (Å²) >= 11 is 0. The molecule has 88 valence electrons. The zero-order valence-electron chi connectivity index (χ0n) is 9.37. The Kier molecular flexibility index (Phi) is 10.9. The maximum absolute atomic E-state index is 10.6. The molecule has 0 unspecified atom stereocenters. The van der Waals surface area contributed by atoms with Crippen LogP contribution >= 0.6 is 0 Å². The fourth-order valence-corrected chi connectivity index (χ4v) is 2.20. The fraction of sp³-hybridized carbons (Fsp3) is 0.700. The second-order valence-corrected chi connectivity index (χ2v) is 4.77. The molecule has 0 heterocycles. The van der Waals surface area contributed by atoms with Gasteiger partial charge in [-0.15, -0.1) is 0 Å². The number of esters is 1. The molecule has 0 radical (unpaired) electrons. The van der Waals surface area contributed by atoms with Crippen LogP contribution in [0.5, 0.6) is 0 Å². The standard InChI is InChI=1S/C10H20O4Si/c1-3-10(11)14-8-13-6-5-7-15-9-12-4-2/h3H,1,4-9,15H2,2H3. The smallest absolute Gasteiger partial charge is 0.332 e. The van der Waals surface area contributed by atoms with Crippen molar-refractivity contribution in [2.45, 2.75) is 19.4 Å². The first-order valence-electron chi connectivity index (χ1n) is 5.26. The van der Waals surface area contributed by atoms with Crippen LogP contribution in [0, 0.1) is 0 Å². The minimum atomic E-state index is -0.444. The molecule has 0 saturated carbocycles. The lowest BCUT2D eigenvalue weighted by molar-refractivity contribution is -0.150. The van der Waals surface area contributed by atoms with Gasteiger partial charge in [0.2, 0.25) is 0 Å². The lowest BCUT2D eigenvalue weighted by atomic mass is 10.5. The van der Waals surface area contributed by atoms with E-state index in [1.54, 1.807) is 0 Å². The first kappa shape index (κ1) is 14.3. The van der Waals surface area contributed by atoms with Crippen molar-refractivity contribution in [1.82, 2.24) is 0 Å². The van der Waals surface area contributed by atoms with E-state index in [9.17, 15) is 4.79 Å². The maximum Gasteiger partial charge on any atom is 0.332 e. The van der Waals surface area contributed by atoms with E-state index in [2.05, 4.69) is 11.3 Å². The predicted octanol–water partition coefficient (Wildman–Crippen LogP) is 0.661. The van der Waals surface area contributed by atoms with Crippen LogP contribution in [0.3, 0.4) is 0 Å². The van der Waals surface area contributed by atoms with E-state index in [1.807, 2.05) is 6.92 Å². The highest BCUT2D eigenvalue weighted by Gasteiger charge is 1.95. The topological polar surface area (TPSA) is 44.8 Å². The van der Waals surface area contributed by atoms with Crippen LogP contribution in [-0.2, 0) is 19.0 Å². The Balaban J connectivity index is 2.98. The molecule has 0 aliphatic rings. The van der Waals surface area contributed by atoms with E-state index in [0.717, 1.165) is 25.3 Å². The Morgan fingerprint density at radius 3 is 2.93 bits per heavy atom. The van der Waals surface area contributed by atoms with E-state index in [-0.39, 0.29) is 16.3 Å². The lowest BCUT2D eigenvalue weighted by Gasteiger charge is -2.04. The summed E-state index contributed by atoms with van der Waals surface area (Å²) in [6.45, 7) is 6.76. The number of carbonyl (C=O) groups is 1. The highest BCUT2D eigenvalue weighted by atomic mass is 28.2. The molecule has 0 amide bonds. The van der Waals surface area contributed by atoms with Crippen LogP contribution in [0.2, 0.25) is 6.04 Å². The Morgan fingerprint density at radius 1 is 1.47 bits per heavy atom. The van der Waals surface area contributed by atoms with Gasteiger partial charge in [-0.3, -0.25) is 0 Å². The number of rotatable bonds is 10. The highest BCUT2D eigenvalue weighted by Crippen LogP contribution is 1.91. The predicted molar refractivity (Wildman–Crippen MR) is 61.6 cm³/mol. The van der Waals surface area contributed by atoms with Gasteiger partial charge < -0.3 is 14.2 Å². The monoisotopic (exact) mass is 232 g/mol. The van der Waals surface area contributed by atoms with Gasteiger partial charge in [0.05, 0.1) is 16.1 Å². The first-order chi connectivity index (χ1) is 7.31. The van der Waals surface area contributed by atoms with E-state index in [4.69, 9.17) is 9.47 Å². The van der Waals surface area contributed by atoms with Gasteiger partial charge in [-0.1, -0.05) is 12.6 Å². The number of ether oxygens (including phenoxy) is 3. The van der Waals surface area contributed by atoms with Gasteiger partial charge in [-0.05, 0) is 13.3 Å². The van der Waals surface area contributed by atoms with Gasteiger partial charge in [0.25, 0.3) is 0 Å². The third-order valence-corrected chi connectivity index (χ3v) is 3.31. The molecule has 0 aromatic rings. The summed E-state index contributed by atoms with van der Waals surface area (Å²) in [6, 6.07) is 1.20. The van der Waals surface area contributed by atoms with E-state index < -0.39 is 5.97 Å². The molecule has 0 fully saturated rings. The molecule has 15 heavy (non-hydrogen) atoms. The zero-order chi connectivity index (χ0) is 11.4. The Labute approximate surface area is 93.4 Å². The Bertz CT molecular complexity index is 173. The van der Waals surface area contributed by atoms with Crippen molar-refractivity contribution in [2.75, 3.05) is 26.2 Å². The summed E-state index contributed by atoms with van der Waals surface area (Å²) in [5.74, 6) is -0.444.